The topological polar surface area (TPSA) is 38.3 Å². The van der Waals surface area contributed by atoms with Crippen molar-refractivity contribution in [1.82, 2.24) is 5.32 Å². The molecular formula is C14H19NO2. The molecule has 1 aliphatic heterocycles. The average Bonchev–Trinajstić information content (AvgIpc) is 2.78. The van der Waals surface area contributed by atoms with E-state index in [-0.39, 0.29) is 11.4 Å². The van der Waals surface area contributed by atoms with E-state index in [0.717, 1.165) is 19.5 Å². The molecule has 0 spiro atoms. The fraction of sp³-hybridized carbons (Fsp3) is 0.643. The molecule has 0 saturated carbocycles. The van der Waals surface area contributed by atoms with E-state index in [2.05, 4.69) is 17.5 Å². The largest absolute Gasteiger partial charge is 0.468 e. The SMILES string of the molecule is COC(=O)C12CNCC1=CC1=CCCCC1C2. The Morgan fingerprint density at radius 2 is 2.47 bits per heavy atom. The van der Waals surface area contributed by atoms with Crippen molar-refractivity contribution in [3.05, 3.63) is 23.3 Å². The summed E-state index contributed by atoms with van der Waals surface area (Å²) < 4.78 is 5.03. The monoisotopic (exact) mass is 233 g/mol. The second-order valence-electron chi connectivity index (χ2n) is 5.38. The maximum atomic E-state index is 12.1. The van der Waals surface area contributed by atoms with Gasteiger partial charge in [-0.2, -0.15) is 0 Å². The standard InChI is InChI=1S/C14H19NO2/c1-17-13(16)14-7-11-5-3-2-4-10(11)6-12(14)8-15-9-14/h4,6,11,15H,2-3,5,7-9H2,1H3. The molecule has 0 radical (unpaired) electrons. The molecule has 92 valence electrons. The molecular weight excluding hydrogens is 214 g/mol. The van der Waals surface area contributed by atoms with E-state index in [0.29, 0.717) is 5.92 Å². The minimum atomic E-state index is -0.367. The number of methoxy groups -OCH3 is 1. The van der Waals surface area contributed by atoms with Gasteiger partial charge in [-0.15, -0.1) is 0 Å². The second kappa shape index (κ2) is 3.98. The number of fused-ring (bicyclic) bond motifs is 2. The van der Waals surface area contributed by atoms with Gasteiger partial charge in [-0.3, -0.25) is 4.79 Å². The van der Waals surface area contributed by atoms with Crippen LogP contribution in [0.2, 0.25) is 0 Å². The summed E-state index contributed by atoms with van der Waals surface area (Å²) in [7, 11) is 1.50. The summed E-state index contributed by atoms with van der Waals surface area (Å²) in [6.07, 6.45) is 9.19. The van der Waals surface area contributed by atoms with Crippen LogP contribution < -0.4 is 5.32 Å². The third kappa shape index (κ3) is 1.56. The molecule has 0 aromatic carbocycles. The highest BCUT2D eigenvalue weighted by Crippen LogP contribution is 2.48. The first kappa shape index (κ1) is 11.0. The Morgan fingerprint density at radius 3 is 3.29 bits per heavy atom. The average molecular weight is 233 g/mol. The number of carbonyl (C=O) groups excluding carboxylic acids is 1. The number of rotatable bonds is 1. The molecule has 0 amide bonds. The summed E-state index contributed by atoms with van der Waals surface area (Å²) in [5, 5.41) is 3.33. The van der Waals surface area contributed by atoms with Crippen molar-refractivity contribution in [2.45, 2.75) is 25.7 Å². The van der Waals surface area contributed by atoms with Crippen LogP contribution in [-0.2, 0) is 9.53 Å². The zero-order valence-electron chi connectivity index (χ0n) is 10.3. The van der Waals surface area contributed by atoms with Crippen LogP contribution >= 0.6 is 0 Å². The van der Waals surface area contributed by atoms with Crippen molar-refractivity contribution in [3.8, 4) is 0 Å². The van der Waals surface area contributed by atoms with E-state index < -0.39 is 0 Å². The lowest BCUT2D eigenvalue weighted by Crippen LogP contribution is -2.40. The molecule has 3 aliphatic rings. The number of allylic oxidation sites excluding steroid dienone is 3. The van der Waals surface area contributed by atoms with Crippen molar-refractivity contribution in [2.75, 3.05) is 20.2 Å². The summed E-state index contributed by atoms with van der Waals surface area (Å²) in [5.74, 6) is 0.505. The quantitative estimate of drug-likeness (QED) is 0.702. The Kier molecular flexibility index (Phi) is 2.58. The highest BCUT2D eigenvalue weighted by molar-refractivity contribution is 5.82. The van der Waals surface area contributed by atoms with Crippen LogP contribution in [0.5, 0.6) is 0 Å². The Balaban J connectivity index is 2.02. The van der Waals surface area contributed by atoms with Crippen molar-refractivity contribution in [2.24, 2.45) is 11.3 Å². The molecule has 0 bridgehead atoms. The Labute approximate surface area is 102 Å². The minimum Gasteiger partial charge on any atom is -0.468 e. The lowest BCUT2D eigenvalue weighted by molar-refractivity contribution is -0.150. The van der Waals surface area contributed by atoms with Gasteiger partial charge in [0.2, 0.25) is 0 Å². The minimum absolute atomic E-state index is 0.0571. The number of hydrogen-bond donors (Lipinski definition) is 1. The fourth-order valence-corrected chi connectivity index (χ4v) is 3.55. The lowest BCUT2D eigenvalue weighted by atomic mass is 9.66. The predicted octanol–water partition coefficient (Wildman–Crippen LogP) is 1.81. The van der Waals surface area contributed by atoms with Gasteiger partial charge in [-0.25, -0.2) is 0 Å². The molecule has 1 heterocycles. The smallest absolute Gasteiger partial charge is 0.317 e. The van der Waals surface area contributed by atoms with Crippen molar-refractivity contribution in [3.63, 3.8) is 0 Å². The highest BCUT2D eigenvalue weighted by atomic mass is 16.5. The third-order valence-corrected chi connectivity index (χ3v) is 4.48. The van der Waals surface area contributed by atoms with Crippen LogP contribution in [-0.4, -0.2) is 26.2 Å². The molecule has 3 heteroatoms. The van der Waals surface area contributed by atoms with Gasteiger partial charge >= 0.3 is 5.97 Å². The second-order valence-corrected chi connectivity index (χ2v) is 5.38. The van der Waals surface area contributed by atoms with Crippen molar-refractivity contribution >= 4 is 5.97 Å². The van der Waals surface area contributed by atoms with Gasteiger partial charge in [0.25, 0.3) is 0 Å². The summed E-state index contributed by atoms with van der Waals surface area (Å²) >= 11 is 0. The van der Waals surface area contributed by atoms with Gasteiger partial charge in [-0.1, -0.05) is 12.2 Å². The first-order valence-electron chi connectivity index (χ1n) is 6.46. The van der Waals surface area contributed by atoms with E-state index in [4.69, 9.17) is 4.74 Å². The van der Waals surface area contributed by atoms with E-state index >= 15 is 0 Å². The fourth-order valence-electron chi connectivity index (χ4n) is 3.55. The summed E-state index contributed by atoms with van der Waals surface area (Å²) in [4.78, 5) is 12.1. The van der Waals surface area contributed by atoms with E-state index in [1.54, 1.807) is 0 Å². The Hall–Kier alpha value is -1.09. The van der Waals surface area contributed by atoms with Gasteiger partial charge in [-0.05, 0) is 42.7 Å². The number of esters is 1. The van der Waals surface area contributed by atoms with Crippen LogP contribution in [0.1, 0.15) is 25.7 Å². The normalized spacial score (nSPS) is 35.5. The van der Waals surface area contributed by atoms with Gasteiger partial charge in [0, 0.05) is 13.1 Å². The first-order chi connectivity index (χ1) is 8.26. The predicted molar refractivity (Wildman–Crippen MR) is 65.4 cm³/mol. The first-order valence-corrected chi connectivity index (χ1v) is 6.46. The number of ether oxygens (including phenoxy) is 1. The molecule has 1 fully saturated rings. The van der Waals surface area contributed by atoms with Gasteiger partial charge in [0.15, 0.2) is 0 Å². The van der Waals surface area contributed by atoms with Crippen molar-refractivity contribution in [1.29, 1.82) is 0 Å². The molecule has 0 aromatic rings. The number of carbonyl (C=O) groups is 1. The van der Waals surface area contributed by atoms with Crippen LogP contribution in [0.25, 0.3) is 0 Å². The number of hydrogen-bond acceptors (Lipinski definition) is 3. The molecule has 3 nitrogen and oxygen atoms in total. The third-order valence-electron chi connectivity index (χ3n) is 4.48. The van der Waals surface area contributed by atoms with Gasteiger partial charge in [0.05, 0.1) is 7.11 Å². The van der Waals surface area contributed by atoms with E-state index in [1.165, 1.54) is 37.5 Å². The maximum absolute atomic E-state index is 12.1. The Bertz CT molecular complexity index is 410. The lowest BCUT2D eigenvalue weighted by Gasteiger charge is -2.37. The van der Waals surface area contributed by atoms with Gasteiger partial charge in [0.1, 0.15) is 5.41 Å². The van der Waals surface area contributed by atoms with Crippen LogP contribution in [0.4, 0.5) is 0 Å². The summed E-state index contributed by atoms with van der Waals surface area (Å²) in [6, 6.07) is 0. The molecule has 1 N–H and O–H groups in total. The zero-order chi connectivity index (χ0) is 11.9. The molecule has 2 unspecified atom stereocenters. The van der Waals surface area contributed by atoms with Crippen LogP contribution in [0.3, 0.4) is 0 Å². The molecule has 17 heavy (non-hydrogen) atoms. The molecule has 3 rings (SSSR count). The van der Waals surface area contributed by atoms with E-state index in [1.807, 2.05) is 0 Å². The number of nitrogens with one attached hydrogen (secondary N) is 1. The molecule has 2 aliphatic carbocycles. The zero-order valence-corrected chi connectivity index (χ0v) is 10.3. The maximum Gasteiger partial charge on any atom is 0.317 e. The van der Waals surface area contributed by atoms with Crippen LogP contribution in [0, 0.1) is 11.3 Å². The molecule has 1 saturated heterocycles. The Morgan fingerprint density at radius 1 is 1.59 bits per heavy atom. The highest BCUT2D eigenvalue weighted by Gasteiger charge is 2.50. The molecule has 2 atom stereocenters. The summed E-state index contributed by atoms with van der Waals surface area (Å²) in [6.45, 7) is 1.58. The van der Waals surface area contributed by atoms with Crippen molar-refractivity contribution < 1.29 is 9.53 Å². The summed E-state index contributed by atoms with van der Waals surface area (Å²) in [5.41, 5.74) is 2.32. The van der Waals surface area contributed by atoms with E-state index in [9.17, 15) is 4.79 Å². The molecule has 0 aromatic heterocycles. The van der Waals surface area contributed by atoms with Crippen LogP contribution in [0.15, 0.2) is 23.3 Å². The van der Waals surface area contributed by atoms with Gasteiger partial charge < -0.3 is 10.1 Å².